The Labute approximate surface area is 99.0 Å². The van der Waals surface area contributed by atoms with Gasteiger partial charge in [-0.1, -0.05) is 13.3 Å². The van der Waals surface area contributed by atoms with Crippen LogP contribution in [0.5, 0.6) is 0 Å². The van der Waals surface area contributed by atoms with E-state index in [0.717, 1.165) is 0 Å². The molecule has 17 heavy (non-hydrogen) atoms. The van der Waals surface area contributed by atoms with E-state index in [1.807, 2.05) is 6.92 Å². The zero-order valence-electron chi connectivity index (χ0n) is 9.68. The van der Waals surface area contributed by atoms with E-state index in [4.69, 9.17) is 15.9 Å². The number of rotatable bonds is 8. The minimum absolute atomic E-state index is 0.157. The molecule has 7 heteroatoms. The fraction of sp³-hybridized carbons (Fsp3) is 0.700. The van der Waals surface area contributed by atoms with Gasteiger partial charge in [-0.05, 0) is 12.8 Å². The van der Waals surface area contributed by atoms with Gasteiger partial charge in [-0.2, -0.15) is 0 Å². The molecule has 0 aromatic heterocycles. The molecule has 0 saturated carbocycles. The predicted molar refractivity (Wildman–Crippen MR) is 59.3 cm³/mol. The molecule has 1 amide bonds. The number of nitrogens with one attached hydrogen (secondary N) is 1. The minimum atomic E-state index is -1.26. The summed E-state index contributed by atoms with van der Waals surface area (Å²) in [5.41, 5.74) is 5.51. The van der Waals surface area contributed by atoms with Gasteiger partial charge in [-0.3, -0.25) is 9.59 Å². The molecule has 0 bridgehead atoms. The summed E-state index contributed by atoms with van der Waals surface area (Å²) in [5.74, 6) is -2.93. The van der Waals surface area contributed by atoms with Gasteiger partial charge in [0.2, 0.25) is 5.91 Å². The molecule has 0 aliphatic rings. The van der Waals surface area contributed by atoms with E-state index < -0.39 is 29.9 Å². The molecular weight excluding hydrogens is 228 g/mol. The van der Waals surface area contributed by atoms with E-state index in [1.54, 1.807) is 0 Å². The third-order valence-electron chi connectivity index (χ3n) is 2.20. The highest BCUT2D eigenvalue weighted by Crippen LogP contribution is 2.00. The molecule has 0 spiro atoms. The van der Waals surface area contributed by atoms with Crippen molar-refractivity contribution >= 4 is 17.8 Å². The summed E-state index contributed by atoms with van der Waals surface area (Å²) in [7, 11) is 0. The number of carboxylic acids is 2. The topological polar surface area (TPSA) is 130 Å². The fourth-order valence-electron chi connectivity index (χ4n) is 1.25. The zero-order chi connectivity index (χ0) is 13.4. The molecule has 0 radical (unpaired) electrons. The highest BCUT2D eigenvalue weighted by Gasteiger charge is 2.23. The van der Waals surface area contributed by atoms with Crippen LogP contribution in [-0.2, 0) is 14.4 Å². The van der Waals surface area contributed by atoms with E-state index in [2.05, 4.69) is 5.32 Å². The van der Waals surface area contributed by atoms with Crippen molar-refractivity contribution in [1.82, 2.24) is 5.32 Å². The van der Waals surface area contributed by atoms with E-state index in [1.165, 1.54) is 0 Å². The van der Waals surface area contributed by atoms with Crippen molar-refractivity contribution in [1.29, 1.82) is 0 Å². The van der Waals surface area contributed by atoms with Gasteiger partial charge in [0.1, 0.15) is 6.04 Å². The largest absolute Gasteiger partial charge is 0.481 e. The third-order valence-corrected chi connectivity index (χ3v) is 2.20. The molecule has 1 unspecified atom stereocenters. The molecule has 0 fully saturated rings. The van der Waals surface area contributed by atoms with E-state index in [9.17, 15) is 14.4 Å². The molecule has 0 saturated heterocycles. The summed E-state index contributed by atoms with van der Waals surface area (Å²) in [6, 6.07) is -1.96. The summed E-state index contributed by atoms with van der Waals surface area (Å²) in [6.45, 7) is 1.85. The highest BCUT2D eigenvalue weighted by atomic mass is 16.4. The molecule has 0 rings (SSSR count). The summed E-state index contributed by atoms with van der Waals surface area (Å²) in [4.78, 5) is 32.5. The maximum absolute atomic E-state index is 11.4. The third kappa shape index (κ3) is 6.52. The van der Waals surface area contributed by atoms with Crippen LogP contribution in [0.2, 0.25) is 0 Å². The Morgan fingerprint density at radius 2 is 1.82 bits per heavy atom. The minimum Gasteiger partial charge on any atom is -0.481 e. The first-order valence-corrected chi connectivity index (χ1v) is 5.39. The van der Waals surface area contributed by atoms with Crippen molar-refractivity contribution in [3.8, 4) is 0 Å². The Morgan fingerprint density at radius 1 is 1.24 bits per heavy atom. The van der Waals surface area contributed by atoms with Gasteiger partial charge in [0.05, 0.1) is 6.04 Å². The second-order valence-electron chi connectivity index (χ2n) is 3.73. The van der Waals surface area contributed by atoms with Crippen molar-refractivity contribution in [2.45, 2.75) is 44.7 Å². The van der Waals surface area contributed by atoms with Crippen LogP contribution in [0, 0.1) is 0 Å². The molecular formula is C10H18N2O5. The number of hydrogen-bond donors (Lipinski definition) is 4. The normalized spacial score (nSPS) is 13.8. The van der Waals surface area contributed by atoms with E-state index in [0.29, 0.717) is 12.8 Å². The van der Waals surface area contributed by atoms with Crippen LogP contribution >= 0.6 is 0 Å². The van der Waals surface area contributed by atoms with Crippen molar-refractivity contribution < 1.29 is 24.6 Å². The van der Waals surface area contributed by atoms with E-state index in [-0.39, 0.29) is 12.8 Å². The number of nitrogens with two attached hydrogens (primary N) is 1. The Kier molecular flexibility index (Phi) is 6.88. The van der Waals surface area contributed by atoms with Crippen molar-refractivity contribution in [2.75, 3.05) is 0 Å². The molecule has 5 N–H and O–H groups in total. The number of aliphatic carboxylic acids is 2. The van der Waals surface area contributed by atoms with Gasteiger partial charge < -0.3 is 21.3 Å². The second-order valence-corrected chi connectivity index (χ2v) is 3.73. The SMILES string of the molecule is CCC[C@H](N)C(=O)NC(CCC(=O)O)C(=O)O. The van der Waals surface area contributed by atoms with Crippen LogP contribution in [-0.4, -0.2) is 40.1 Å². The van der Waals surface area contributed by atoms with Gasteiger partial charge >= 0.3 is 11.9 Å². The smallest absolute Gasteiger partial charge is 0.326 e. The number of amides is 1. The Morgan fingerprint density at radius 3 is 2.24 bits per heavy atom. The van der Waals surface area contributed by atoms with Crippen LogP contribution in [0.1, 0.15) is 32.6 Å². The first-order chi connectivity index (χ1) is 7.88. The van der Waals surface area contributed by atoms with Crippen molar-refractivity contribution in [3.05, 3.63) is 0 Å². The molecule has 0 aromatic rings. The zero-order valence-corrected chi connectivity index (χ0v) is 9.68. The molecule has 98 valence electrons. The van der Waals surface area contributed by atoms with Crippen LogP contribution in [0.4, 0.5) is 0 Å². The summed E-state index contributed by atoms with van der Waals surface area (Å²) >= 11 is 0. The molecule has 7 nitrogen and oxygen atoms in total. The lowest BCUT2D eigenvalue weighted by atomic mass is 10.1. The van der Waals surface area contributed by atoms with Crippen molar-refractivity contribution in [2.24, 2.45) is 5.73 Å². The fourth-order valence-corrected chi connectivity index (χ4v) is 1.25. The predicted octanol–water partition coefficient (Wildman–Crippen LogP) is -0.452. The van der Waals surface area contributed by atoms with Crippen LogP contribution in [0.25, 0.3) is 0 Å². The van der Waals surface area contributed by atoms with Crippen molar-refractivity contribution in [3.63, 3.8) is 0 Å². The Bertz CT molecular complexity index is 292. The average Bonchev–Trinajstić information content (AvgIpc) is 2.23. The van der Waals surface area contributed by atoms with Gasteiger partial charge in [0, 0.05) is 6.42 Å². The highest BCUT2D eigenvalue weighted by molar-refractivity contribution is 5.87. The lowest BCUT2D eigenvalue weighted by Gasteiger charge is -2.16. The van der Waals surface area contributed by atoms with Crippen LogP contribution in [0.3, 0.4) is 0 Å². The van der Waals surface area contributed by atoms with Crippen LogP contribution < -0.4 is 11.1 Å². The monoisotopic (exact) mass is 246 g/mol. The molecule has 0 aliphatic carbocycles. The number of carbonyl (C=O) groups excluding carboxylic acids is 1. The van der Waals surface area contributed by atoms with Gasteiger partial charge in [0.25, 0.3) is 0 Å². The van der Waals surface area contributed by atoms with E-state index >= 15 is 0 Å². The maximum atomic E-state index is 11.4. The number of carboxylic acid groups (broad SMARTS) is 2. The summed E-state index contributed by atoms with van der Waals surface area (Å²) in [5, 5.41) is 19.5. The average molecular weight is 246 g/mol. The number of hydrogen-bond acceptors (Lipinski definition) is 4. The molecule has 0 aromatic carbocycles. The Balaban J connectivity index is 4.29. The van der Waals surface area contributed by atoms with Crippen LogP contribution in [0.15, 0.2) is 0 Å². The lowest BCUT2D eigenvalue weighted by molar-refractivity contribution is -0.143. The first kappa shape index (κ1) is 15.4. The first-order valence-electron chi connectivity index (χ1n) is 5.39. The van der Waals surface area contributed by atoms with Gasteiger partial charge in [-0.25, -0.2) is 4.79 Å². The maximum Gasteiger partial charge on any atom is 0.326 e. The Hall–Kier alpha value is -1.63. The van der Waals surface area contributed by atoms with Gasteiger partial charge in [0.15, 0.2) is 0 Å². The second kappa shape index (κ2) is 7.61. The molecule has 2 atom stereocenters. The summed E-state index contributed by atoms with van der Waals surface area (Å²) < 4.78 is 0. The van der Waals surface area contributed by atoms with Gasteiger partial charge in [-0.15, -0.1) is 0 Å². The molecule has 0 aliphatic heterocycles. The quantitative estimate of drug-likeness (QED) is 0.459. The summed E-state index contributed by atoms with van der Waals surface area (Å²) in [6.07, 6.45) is 0.689. The number of carbonyl (C=O) groups is 3. The standard InChI is InChI=1S/C10H18N2O5/c1-2-3-6(11)9(15)12-7(10(16)17)4-5-8(13)14/h6-7H,2-5,11H2,1H3,(H,12,15)(H,13,14)(H,16,17)/t6-,7?/m0/s1. The molecule has 0 heterocycles. The lowest BCUT2D eigenvalue weighted by Crippen LogP contribution is -2.48.